The van der Waals surface area contributed by atoms with Gasteiger partial charge in [0, 0.05) is 25.2 Å². The highest BCUT2D eigenvalue weighted by Crippen LogP contribution is 2.33. The molecule has 0 unspecified atom stereocenters. The highest BCUT2D eigenvalue weighted by atomic mass is 32.2. The summed E-state index contributed by atoms with van der Waals surface area (Å²) in [7, 11) is -3.15. The van der Waals surface area contributed by atoms with Crippen LogP contribution >= 0.6 is 0 Å². The SMILES string of the molecule is CS(=O)(=O)N1CC(C(=O)N(C2CCCCC2)C2CCCCC2)C1. The zero-order chi connectivity index (χ0) is 16.4. The molecule has 3 aliphatic rings. The molecule has 0 atom stereocenters. The maximum atomic E-state index is 13.1. The van der Waals surface area contributed by atoms with E-state index in [9.17, 15) is 13.2 Å². The fraction of sp³-hybridized carbons (Fsp3) is 0.941. The van der Waals surface area contributed by atoms with Gasteiger partial charge >= 0.3 is 0 Å². The van der Waals surface area contributed by atoms with Gasteiger partial charge in [-0.25, -0.2) is 12.7 Å². The number of amides is 1. The van der Waals surface area contributed by atoms with Crippen LogP contribution in [0, 0.1) is 5.92 Å². The Morgan fingerprint density at radius 1 is 0.870 bits per heavy atom. The maximum Gasteiger partial charge on any atom is 0.228 e. The summed E-state index contributed by atoms with van der Waals surface area (Å²) in [6.07, 6.45) is 13.2. The van der Waals surface area contributed by atoms with Gasteiger partial charge in [-0.2, -0.15) is 0 Å². The van der Waals surface area contributed by atoms with E-state index in [1.807, 2.05) is 0 Å². The Hall–Kier alpha value is -0.620. The Labute approximate surface area is 140 Å². The molecular weight excluding hydrogens is 312 g/mol. The van der Waals surface area contributed by atoms with Crippen molar-refractivity contribution in [3.05, 3.63) is 0 Å². The summed E-state index contributed by atoms with van der Waals surface area (Å²) in [6.45, 7) is 0.765. The standard InChI is InChI=1S/C17H30N2O3S/c1-23(21,22)18-12-14(13-18)17(20)19(15-8-4-2-5-9-15)16-10-6-3-7-11-16/h14-16H,2-13H2,1H3. The fourth-order valence-electron chi connectivity index (χ4n) is 4.45. The third kappa shape index (κ3) is 3.90. The lowest BCUT2D eigenvalue weighted by Gasteiger charge is -2.46. The Morgan fingerprint density at radius 2 is 1.30 bits per heavy atom. The Balaban J connectivity index is 1.68. The van der Waals surface area contributed by atoms with E-state index >= 15 is 0 Å². The Kier molecular flexibility index (Phi) is 5.31. The molecule has 6 heteroatoms. The van der Waals surface area contributed by atoms with E-state index in [4.69, 9.17) is 0 Å². The van der Waals surface area contributed by atoms with Gasteiger partial charge in [0.25, 0.3) is 0 Å². The van der Waals surface area contributed by atoms with Gasteiger partial charge in [-0.05, 0) is 25.7 Å². The zero-order valence-electron chi connectivity index (χ0n) is 14.2. The van der Waals surface area contributed by atoms with Gasteiger partial charge in [-0.1, -0.05) is 38.5 Å². The van der Waals surface area contributed by atoms with Crippen molar-refractivity contribution in [3.63, 3.8) is 0 Å². The topological polar surface area (TPSA) is 57.7 Å². The second-order valence-corrected chi connectivity index (χ2v) is 9.59. The van der Waals surface area contributed by atoms with E-state index < -0.39 is 10.0 Å². The lowest BCUT2D eigenvalue weighted by molar-refractivity contribution is -0.146. The molecule has 1 saturated heterocycles. The van der Waals surface area contributed by atoms with Crippen LogP contribution in [0.2, 0.25) is 0 Å². The van der Waals surface area contributed by atoms with Crippen LogP contribution < -0.4 is 0 Å². The monoisotopic (exact) mass is 342 g/mol. The average molecular weight is 343 g/mol. The second-order valence-electron chi connectivity index (χ2n) is 7.61. The molecule has 0 aromatic rings. The summed E-state index contributed by atoms with van der Waals surface area (Å²) in [6, 6.07) is 0.790. The first-order valence-electron chi connectivity index (χ1n) is 9.24. The van der Waals surface area contributed by atoms with E-state index in [1.165, 1.54) is 49.1 Å². The number of carbonyl (C=O) groups is 1. The average Bonchev–Trinajstić information content (AvgIpc) is 2.47. The number of carbonyl (C=O) groups excluding carboxylic acids is 1. The molecule has 132 valence electrons. The number of rotatable bonds is 4. The quantitative estimate of drug-likeness (QED) is 0.788. The normalized spacial score (nSPS) is 26.0. The summed E-state index contributed by atoms with van der Waals surface area (Å²) < 4.78 is 24.5. The Morgan fingerprint density at radius 3 is 1.70 bits per heavy atom. The van der Waals surface area contributed by atoms with Crippen molar-refractivity contribution in [2.45, 2.75) is 76.3 Å². The molecule has 0 N–H and O–H groups in total. The van der Waals surface area contributed by atoms with Crippen molar-refractivity contribution >= 4 is 15.9 Å². The lowest BCUT2D eigenvalue weighted by atomic mass is 9.87. The van der Waals surface area contributed by atoms with Crippen molar-refractivity contribution in [3.8, 4) is 0 Å². The van der Waals surface area contributed by atoms with Crippen LogP contribution in [-0.2, 0) is 14.8 Å². The van der Waals surface area contributed by atoms with E-state index in [2.05, 4.69) is 4.90 Å². The molecule has 3 rings (SSSR count). The summed E-state index contributed by atoms with van der Waals surface area (Å²) in [5.74, 6) is 0.109. The second kappa shape index (κ2) is 7.09. The number of hydrogen-bond acceptors (Lipinski definition) is 3. The van der Waals surface area contributed by atoms with Gasteiger partial charge in [0.15, 0.2) is 0 Å². The number of sulfonamides is 1. The molecule has 1 aliphatic heterocycles. The van der Waals surface area contributed by atoms with E-state index in [1.54, 1.807) is 0 Å². The van der Waals surface area contributed by atoms with Crippen LogP contribution in [0.25, 0.3) is 0 Å². The highest BCUT2D eigenvalue weighted by Gasteiger charge is 2.43. The van der Waals surface area contributed by atoms with Crippen molar-refractivity contribution in [1.82, 2.24) is 9.21 Å². The van der Waals surface area contributed by atoms with Gasteiger partial charge in [-0.15, -0.1) is 0 Å². The van der Waals surface area contributed by atoms with E-state index in [0.717, 1.165) is 25.7 Å². The molecule has 0 bridgehead atoms. The molecule has 1 heterocycles. The molecule has 5 nitrogen and oxygen atoms in total. The minimum Gasteiger partial charge on any atom is -0.336 e. The first-order chi connectivity index (χ1) is 11.0. The molecule has 0 aromatic carbocycles. The predicted molar refractivity (Wildman–Crippen MR) is 90.5 cm³/mol. The van der Waals surface area contributed by atoms with Crippen LogP contribution in [0.15, 0.2) is 0 Å². The molecule has 2 saturated carbocycles. The van der Waals surface area contributed by atoms with Gasteiger partial charge in [0.05, 0.1) is 12.2 Å². The predicted octanol–water partition coefficient (Wildman–Crippen LogP) is 2.37. The van der Waals surface area contributed by atoms with Gasteiger partial charge in [0.2, 0.25) is 15.9 Å². The molecule has 23 heavy (non-hydrogen) atoms. The fourth-order valence-corrected chi connectivity index (χ4v) is 5.35. The number of nitrogens with zero attached hydrogens (tertiary/aromatic N) is 2. The molecule has 1 amide bonds. The largest absolute Gasteiger partial charge is 0.336 e. The molecule has 0 aromatic heterocycles. The lowest BCUT2D eigenvalue weighted by Crippen LogP contribution is -2.59. The third-order valence-electron chi connectivity index (χ3n) is 5.86. The molecule has 2 aliphatic carbocycles. The first kappa shape index (κ1) is 17.2. The van der Waals surface area contributed by atoms with Gasteiger partial charge in [0.1, 0.15) is 0 Å². The summed E-state index contributed by atoms with van der Waals surface area (Å²) in [5.41, 5.74) is 0. The minimum absolute atomic E-state index is 0.117. The Bertz CT molecular complexity index is 498. The smallest absolute Gasteiger partial charge is 0.228 e. The van der Waals surface area contributed by atoms with Crippen LogP contribution in [0.5, 0.6) is 0 Å². The zero-order valence-corrected chi connectivity index (χ0v) is 15.1. The van der Waals surface area contributed by atoms with Crippen LogP contribution in [0.3, 0.4) is 0 Å². The molecule has 0 radical (unpaired) electrons. The van der Waals surface area contributed by atoms with Gasteiger partial charge < -0.3 is 4.90 Å². The third-order valence-corrected chi connectivity index (χ3v) is 7.09. The van der Waals surface area contributed by atoms with E-state index in [-0.39, 0.29) is 11.8 Å². The summed E-state index contributed by atoms with van der Waals surface area (Å²) in [4.78, 5) is 15.3. The minimum atomic E-state index is -3.15. The molecule has 3 fully saturated rings. The number of hydrogen-bond donors (Lipinski definition) is 0. The van der Waals surface area contributed by atoms with Crippen LogP contribution in [0.1, 0.15) is 64.2 Å². The van der Waals surface area contributed by atoms with Crippen molar-refractivity contribution < 1.29 is 13.2 Å². The first-order valence-corrected chi connectivity index (χ1v) is 11.1. The van der Waals surface area contributed by atoms with Crippen molar-refractivity contribution in [2.24, 2.45) is 5.92 Å². The van der Waals surface area contributed by atoms with E-state index in [0.29, 0.717) is 25.2 Å². The van der Waals surface area contributed by atoms with Gasteiger partial charge in [-0.3, -0.25) is 4.79 Å². The molecular formula is C17H30N2O3S. The van der Waals surface area contributed by atoms with Crippen molar-refractivity contribution in [1.29, 1.82) is 0 Å². The van der Waals surface area contributed by atoms with Crippen LogP contribution in [0.4, 0.5) is 0 Å². The maximum absolute atomic E-state index is 13.1. The molecule has 0 spiro atoms. The van der Waals surface area contributed by atoms with Crippen LogP contribution in [-0.4, -0.2) is 55.0 Å². The highest BCUT2D eigenvalue weighted by molar-refractivity contribution is 7.88. The van der Waals surface area contributed by atoms with Crippen molar-refractivity contribution in [2.75, 3.05) is 19.3 Å². The summed E-state index contributed by atoms with van der Waals surface area (Å²) >= 11 is 0. The summed E-state index contributed by atoms with van der Waals surface area (Å²) in [5, 5.41) is 0.